The Morgan fingerprint density at radius 3 is 2.64 bits per heavy atom. The molecule has 1 fully saturated rings. The molecule has 25 heavy (non-hydrogen) atoms. The lowest BCUT2D eigenvalue weighted by Gasteiger charge is -2.26. The van der Waals surface area contributed by atoms with Crippen molar-refractivity contribution in [3.05, 3.63) is 53.9 Å². The minimum Gasteiger partial charge on any atom is -0.465 e. The van der Waals surface area contributed by atoms with Crippen molar-refractivity contribution in [2.75, 3.05) is 25.5 Å². The third-order valence-corrected chi connectivity index (χ3v) is 4.24. The van der Waals surface area contributed by atoms with Gasteiger partial charge < -0.3 is 15.0 Å². The number of carbonyl (C=O) groups excluding carboxylic acids is 2. The summed E-state index contributed by atoms with van der Waals surface area (Å²) in [6.07, 6.45) is 6.47. The number of nitrogens with zero attached hydrogens (tertiary/aromatic N) is 2. The maximum atomic E-state index is 12.6. The Balaban J connectivity index is 1.81. The fourth-order valence-electron chi connectivity index (χ4n) is 2.94. The van der Waals surface area contributed by atoms with Crippen LogP contribution in [0.25, 0.3) is 0 Å². The van der Waals surface area contributed by atoms with Crippen molar-refractivity contribution in [2.24, 2.45) is 0 Å². The molecule has 6 heteroatoms. The molecule has 0 saturated carbocycles. The number of anilines is 2. The molecule has 2 aromatic rings. The van der Waals surface area contributed by atoms with Gasteiger partial charge >= 0.3 is 5.97 Å². The van der Waals surface area contributed by atoms with E-state index in [2.05, 4.69) is 10.3 Å². The quantitative estimate of drug-likeness (QED) is 0.866. The molecule has 0 aliphatic carbocycles. The monoisotopic (exact) mass is 339 g/mol. The summed E-state index contributed by atoms with van der Waals surface area (Å²) in [5, 5.41) is 3.15. The Morgan fingerprint density at radius 2 is 1.88 bits per heavy atom. The molecule has 0 radical (unpaired) electrons. The molecule has 1 amide bonds. The van der Waals surface area contributed by atoms with E-state index in [1.165, 1.54) is 13.5 Å². The van der Waals surface area contributed by atoms with E-state index in [1.807, 2.05) is 11.0 Å². The summed E-state index contributed by atoms with van der Waals surface area (Å²) < 4.78 is 4.80. The first kappa shape index (κ1) is 17.0. The third kappa shape index (κ3) is 3.96. The lowest BCUT2D eigenvalue weighted by atomic mass is 10.1. The summed E-state index contributed by atoms with van der Waals surface area (Å²) in [7, 11) is 1.35. The molecule has 1 aliphatic rings. The van der Waals surface area contributed by atoms with Gasteiger partial charge in [-0.15, -0.1) is 0 Å². The normalized spacial score (nSPS) is 14.0. The lowest BCUT2D eigenvalue weighted by Crippen LogP contribution is -2.35. The van der Waals surface area contributed by atoms with Gasteiger partial charge in [-0.2, -0.15) is 0 Å². The Morgan fingerprint density at radius 1 is 1.12 bits per heavy atom. The number of amides is 1. The Labute approximate surface area is 146 Å². The summed E-state index contributed by atoms with van der Waals surface area (Å²) in [6.45, 7) is 1.59. The minimum absolute atomic E-state index is 0.00268. The molecular weight excluding hydrogens is 318 g/mol. The van der Waals surface area contributed by atoms with Crippen LogP contribution >= 0.6 is 0 Å². The van der Waals surface area contributed by atoms with Gasteiger partial charge in [0.2, 0.25) is 0 Å². The van der Waals surface area contributed by atoms with E-state index >= 15 is 0 Å². The number of esters is 1. The molecule has 1 aromatic carbocycles. The second-order valence-electron chi connectivity index (χ2n) is 5.98. The maximum absolute atomic E-state index is 12.6. The van der Waals surface area contributed by atoms with Crippen LogP contribution in [0.1, 0.15) is 40.0 Å². The highest BCUT2D eigenvalue weighted by Gasteiger charge is 2.19. The number of rotatable bonds is 4. The number of carbonyl (C=O) groups is 2. The van der Waals surface area contributed by atoms with E-state index in [-0.39, 0.29) is 5.91 Å². The van der Waals surface area contributed by atoms with Crippen LogP contribution in [0, 0.1) is 0 Å². The van der Waals surface area contributed by atoms with Gasteiger partial charge in [-0.3, -0.25) is 9.78 Å². The number of nitrogens with one attached hydrogen (secondary N) is 1. The van der Waals surface area contributed by atoms with Crippen molar-refractivity contribution < 1.29 is 14.3 Å². The maximum Gasteiger partial charge on any atom is 0.339 e. The third-order valence-electron chi connectivity index (χ3n) is 4.24. The Kier molecular flexibility index (Phi) is 5.28. The second kappa shape index (κ2) is 7.79. The van der Waals surface area contributed by atoms with E-state index < -0.39 is 5.97 Å². The van der Waals surface area contributed by atoms with Gasteiger partial charge in [-0.25, -0.2) is 4.79 Å². The summed E-state index contributed by atoms with van der Waals surface area (Å²) in [4.78, 5) is 30.5. The van der Waals surface area contributed by atoms with Gasteiger partial charge in [0, 0.05) is 19.3 Å². The van der Waals surface area contributed by atoms with Crippen molar-refractivity contribution in [1.29, 1.82) is 0 Å². The molecule has 6 nitrogen and oxygen atoms in total. The molecule has 1 N–H and O–H groups in total. The predicted octanol–water partition coefficient (Wildman–Crippen LogP) is 3.24. The van der Waals surface area contributed by atoms with E-state index in [0.717, 1.165) is 25.9 Å². The number of piperidine rings is 1. The summed E-state index contributed by atoms with van der Waals surface area (Å²) in [5.74, 6) is -0.422. The summed E-state index contributed by atoms with van der Waals surface area (Å²) in [5.41, 5.74) is 2.23. The topological polar surface area (TPSA) is 71.5 Å². The molecule has 2 heterocycles. The number of ether oxygens (including phenoxy) is 1. The first-order valence-electron chi connectivity index (χ1n) is 8.38. The van der Waals surface area contributed by atoms with E-state index in [4.69, 9.17) is 4.74 Å². The highest BCUT2D eigenvalue weighted by molar-refractivity contribution is 5.97. The van der Waals surface area contributed by atoms with Gasteiger partial charge in [-0.1, -0.05) is 12.1 Å². The minimum atomic E-state index is -0.420. The number of pyridine rings is 1. The van der Waals surface area contributed by atoms with Crippen LogP contribution in [-0.2, 0) is 4.74 Å². The molecule has 1 aromatic heterocycles. The average Bonchev–Trinajstić information content (AvgIpc) is 2.68. The Hall–Kier alpha value is -2.89. The molecular formula is C19H21N3O3. The van der Waals surface area contributed by atoms with Gasteiger partial charge in [0.15, 0.2) is 0 Å². The molecule has 3 rings (SSSR count). The highest BCUT2D eigenvalue weighted by atomic mass is 16.5. The van der Waals surface area contributed by atoms with E-state index in [9.17, 15) is 9.59 Å². The van der Waals surface area contributed by atoms with Gasteiger partial charge in [0.1, 0.15) is 0 Å². The van der Waals surface area contributed by atoms with Crippen LogP contribution < -0.4 is 5.32 Å². The van der Waals surface area contributed by atoms with Crippen molar-refractivity contribution in [1.82, 2.24) is 9.88 Å². The van der Waals surface area contributed by atoms with Crippen LogP contribution in [-0.4, -0.2) is 42.0 Å². The number of hydrogen-bond donors (Lipinski definition) is 1. The molecule has 0 spiro atoms. The average molecular weight is 339 g/mol. The molecule has 0 unspecified atom stereocenters. The van der Waals surface area contributed by atoms with Gasteiger partial charge in [-0.05, 0) is 37.5 Å². The summed E-state index contributed by atoms with van der Waals surface area (Å²) in [6, 6.07) is 8.82. The van der Waals surface area contributed by atoms with Crippen LogP contribution in [0.4, 0.5) is 11.4 Å². The largest absolute Gasteiger partial charge is 0.465 e. The molecule has 1 saturated heterocycles. The van der Waals surface area contributed by atoms with Crippen molar-refractivity contribution in [3.63, 3.8) is 0 Å². The number of hydrogen-bond acceptors (Lipinski definition) is 5. The first-order chi connectivity index (χ1) is 12.2. The second-order valence-corrected chi connectivity index (χ2v) is 5.98. The van der Waals surface area contributed by atoms with Crippen LogP contribution in [0.15, 0.2) is 42.7 Å². The fraction of sp³-hybridized carbons (Fsp3) is 0.316. The van der Waals surface area contributed by atoms with E-state index in [1.54, 1.807) is 36.7 Å². The molecule has 0 bridgehead atoms. The van der Waals surface area contributed by atoms with Crippen molar-refractivity contribution in [2.45, 2.75) is 19.3 Å². The highest BCUT2D eigenvalue weighted by Crippen LogP contribution is 2.22. The molecule has 1 aliphatic heterocycles. The van der Waals surface area contributed by atoms with E-state index in [0.29, 0.717) is 22.5 Å². The zero-order chi connectivity index (χ0) is 17.6. The fourth-order valence-corrected chi connectivity index (χ4v) is 2.94. The number of para-hydroxylation sites is 1. The number of aromatic nitrogens is 1. The smallest absolute Gasteiger partial charge is 0.339 e. The lowest BCUT2D eigenvalue weighted by molar-refractivity contribution is 0.0601. The SMILES string of the molecule is COC(=O)c1ccccc1Nc1cncc(C(=O)N2CCCCC2)c1. The number of benzene rings is 1. The van der Waals surface area contributed by atoms with Crippen molar-refractivity contribution in [3.8, 4) is 0 Å². The van der Waals surface area contributed by atoms with Gasteiger partial charge in [0.05, 0.1) is 35.8 Å². The predicted molar refractivity (Wildman–Crippen MR) is 95.1 cm³/mol. The van der Waals surface area contributed by atoms with Crippen LogP contribution in [0.5, 0.6) is 0 Å². The summed E-state index contributed by atoms with van der Waals surface area (Å²) >= 11 is 0. The molecule has 130 valence electrons. The van der Waals surface area contributed by atoms with Crippen molar-refractivity contribution >= 4 is 23.3 Å². The standard InChI is InChI=1S/C19H21N3O3/c1-25-19(24)16-7-3-4-8-17(16)21-15-11-14(12-20-13-15)18(23)22-9-5-2-6-10-22/h3-4,7-8,11-13,21H,2,5-6,9-10H2,1H3. The zero-order valence-electron chi connectivity index (χ0n) is 14.2. The van der Waals surface area contributed by atoms with Gasteiger partial charge in [0.25, 0.3) is 5.91 Å². The number of likely N-dealkylation sites (tertiary alicyclic amines) is 1. The van der Waals surface area contributed by atoms with Crippen LogP contribution in [0.2, 0.25) is 0 Å². The first-order valence-corrected chi connectivity index (χ1v) is 8.38. The van der Waals surface area contributed by atoms with Crippen LogP contribution in [0.3, 0.4) is 0 Å². The Bertz CT molecular complexity index is 770. The number of methoxy groups -OCH3 is 1. The zero-order valence-corrected chi connectivity index (χ0v) is 14.2. The molecule has 0 atom stereocenters.